The van der Waals surface area contributed by atoms with Crippen molar-refractivity contribution in [2.24, 2.45) is 4.99 Å². The first kappa shape index (κ1) is 21.3. The molecule has 2 aromatic carbocycles. The van der Waals surface area contributed by atoms with Gasteiger partial charge in [0.05, 0.1) is 0 Å². The van der Waals surface area contributed by atoms with Gasteiger partial charge in [-0.25, -0.2) is 0 Å². The van der Waals surface area contributed by atoms with Crippen molar-refractivity contribution in [3.8, 4) is 0 Å². The van der Waals surface area contributed by atoms with Crippen LogP contribution in [0, 0.1) is 0 Å². The molecule has 146 valence electrons. The van der Waals surface area contributed by atoms with E-state index >= 15 is 0 Å². The number of aliphatic imine (C=N–C) groups is 1. The average Bonchev–Trinajstić information content (AvgIpc) is 2.72. The van der Waals surface area contributed by atoms with Crippen LogP contribution in [-0.2, 0) is 0 Å². The summed E-state index contributed by atoms with van der Waals surface area (Å²) in [6.07, 6.45) is 1.05. The zero-order valence-electron chi connectivity index (χ0n) is 16.0. The predicted octanol–water partition coefficient (Wildman–Crippen LogP) is 3.50. The third kappa shape index (κ3) is 6.61. The van der Waals surface area contributed by atoms with E-state index in [9.17, 15) is 0 Å². The summed E-state index contributed by atoms with van der Waals surface area (Å²) in [5.74, 6) is 1.01. The van der Waals surface area contributed by atoms with E-state index in [4.69, 9.17) is 0 Å². The molecule has 3 rings (SSSR count). The molecule has 2 aromatic rings. The number of hydrogen-bond donors (Lipinski definition) is 2. The zero-order valence-corrected chi connectivity index (χ0v) is 18.3. The molecule has 0 spiro atoms. The van der Waals surface area contributed by atoms with Gasteiger partial charge in [0.2, 0.25) is 0 Å². The molecule has 0 radical (unpaired) electrons. The molecule has 0 aliphatic carbocycles. The third-order valence-corrected chi connectivity index (χ3v) is 4.65. The summed E-state index contributed by atoms with van der Waals surface area (Å²) < 4.78 is 0. The van der Waals surface area contributed by atoms with Gasteiger partial charge in [-0.3, -0.25) is 4.99 Å². The Labute approximate surface area is 179 Å². The molecular weight excluding hydrogens is 449 g/mol. The first-order chi connectivity index (χ1) is 12.9. The van der Waals surface area contributed by atoms with Crippen LogP contribution in [0.2, 0.25) is 0 Å². The molecule has 1 fully saturated rings. The van der Waals surface area contributed by atoms with E-state index in [2.05, 4.69) is 80.0 Å². The second-order valence-corrected chi connectivity index (χ2v) is 6.43. The zero-order chi connectivity index (χ0) is 18.0. The van der Waals surface area contributed by atoms with Crippen LogP contribution in [0.3, 0.4) is 0 Å². The number of anilines is 2. The lowest BCUT2D eigenvalue weighted by Gasteiger charge is -2.37. The highest BCUT2D eigenvalue weighted by Gasteiger charge is 2.19. The number of nitrogens with zero attached hydrogens (tertiary/aromatic N) is 3. The Morgan fingerprint density at radius 2 is 1.52 bits per heavy atom. The summed E-state index contributed by atoms with van der Waals surface area (Å²) in [6, 6.07) is 21.0. The van der Waals surface area contributed by atoms with Crippen LogP contribution in [0.1, 0.15) is 6.42 Å². The second kappa shape index (κ2) is 11.7. The largest absolute Gasteiger partial charge is 0.385 e. The van der Waals surface area contributed by atoms with Gasteiger partial charge in [-0.1, -0.05) is 36.4 Å². The summed E-state index contributed by atoms with van der Waals surface area (Å²) in [7, 11) is 1.87. The van der Waals surface area contributed by atoms with Gasteiger partial charge in [0, 0.05) is 57.7 Å². The van der Waals surface area contributed by atoms with Gasteiger partial charge < -0.3 is 20.4 Å². The van der Waals surface area contributed by atoms with Crippen LogP contribution in [0.4, 0.5) is 11.4 Å². The number of piperazine rings is 1. The molecule has 0 bridgehead atoms. The number of nitrogens with one attached hydrogen (secondary N) is 2. The molecule has 1 heterocycles. The second-order valence-electron chi connectivity index (χ2n) is 6.43. The molecule has 2 N–H and O–H groups in total. The van der Waals surface area contributed by atoms with Gasteiger partial charge in [0.15, 0.2) is 5.96 Å². The van der Waals surface area contributed by atoms with Gasteiger partial charge in [-0.05, 0) is 30.7 Å². The topological polar surface area (TPSA) is 42.9 Å². The standard InChI is InChI=1S/C21H29N5.HI/c1-22-21(24-14-8-13-23-19-9-4-2-5-10-19)26-17-15-25(16-18-26)20-11-6-3-7-12-20;/h2-7,9-12,23H,8,13-18H2,1H3,(H,22,24);1H. The fourth-order valence-electron chi connectivity index (χ4n) is 3.22. The molecular formula is C21H30IN5. The quantitative estimate of drug-likeness (QED) is 0.288. The summed E-state index contributed by atoms with van der Waals surface area (Å²) in [4.78, 5) is 9.25. The molecule has 1 saturated heterocycles. The number of para-hydroxylation sites is 2. The minimum absolute atomic E-state index is 0. The Kier molecular flexibility index (Phi) is 9.24. The van der Waals surface area contributed by atoms with Crippen molar-refractivity contribution in [2.75, 3.05) is 56.5 Å². The summed E-state index contributed by atoms with van der Waals surface area (Å²) in [5.41, 5.74) is 2.48. The van der Waals surface area contributed by atoms with Crippen molar-refractivity contribution in [1.29, 1.82) is 0 Å². The highest BCUT2D eigenvalue weighted by molar-refractivity contribution is 14.0. The van der Waals surface area contributed by atoms with Crippen LogP contribution in [0.15, 0.2) is 65.7 Å². The van der Waals surface area contributed by atoms with Crippen molar-refractivity contribution in [1.82, 2.24) is 10.2 Å². The van der Waals surface area contributed by atoms with Crippen molar-refractivity contribution in [3.63, 3.8) is 0 Å². The Morgan fingerprint density at radius 3 is 2.15 bits per heavy atom. The van der Waals surface area contributed by atoms with Gasteiger partial charge in [0.1, 0.15) is 0 Å². The van der Waals surface area contributed by atoms with Gasteiger partial charge in [-0.2, -0.15) is 0 Å². The molecule has 6 heteroatoms. The molecule has 0 atom stereocenters. The number of benzene rings is 2. The van der Waals surface area contributed by atoms with Crippen LogP contribution < -0.4 is 15.5 Å². The minimum Gasteiger partial charge on any atom is -0.385 e. The van der Waals surface area contributed by atoms with Crippen molar-refractivity contribution < 1.29 is 0 Å². The van der Waals surface area contributed by atoms with Crippen molar-refractivity contribution >= 4 is 41.3 Å². The smallest absolute Gasteiger partial charge is 0.193 e. The van der Waals surface area contributed by atoms with E-state index in [0.29, 0.717) is 0 Å². The average molecular weight is 479 g/mol. The lowest BCUT2D eigenvalue weighted by Crippen LogP contribution is -2.52. The van der Waals surface area contributed by atoms with Crippen molar-refractivity contribution in [3.05, 3.63) is 60.7 Å². The fourth-order valence-corrected chi connectivity index (χ4v) is 3.22. The lowest BCUT2D eigenvalue weighted by atomic mass is 10.2. The number of guanidine groups is 1. The predicted molar refractivity (Wildman–Crippen MR) is 127 cm³/mol. The molecule has 0 aromatic heterocycles. The van der Waals surface area contributed by atoms with Crippen LogP contribution >= 0.6 is 24.0 Å². The van der Waals surface area contributed by atoms with Crippen LogP contribution in [-0.4, -0.2) is 57.2 Å². The lowest BCUT2D eigenvalue weighted by molar-refractivity contribution is 0.372. The monoisotopic (exact) mass is 479 g/mol. The Bertz CT molecular complexity index is 669. The summed E-state index contributed by atoms with van der Waals surface area (Å²) in [5, 5.41) is 6.94. The molecule has 0 saturated carbocycles. The number of rotatable bonds is 6. The van der Waals surface area contributed by atoms with Gasteiger partial charge in [0.25, 0.3) is 0 Å². The van der Waals surface area contributed by atoms with E-state index in [1.807, 2.05) is 13.1 Å². The maximum atomic E-state index is 4.46. The van der Waals surface area contributed by atoms with E-state index < -0.39 is 0 Å². The molecule has 0 unspecified atom stereocenters. The fraction of sp³-hybridized carbons (Fsp3) is 0.381. The number of hydrogen-bond acceptors (Lipinski definition) is 3. The third-order valence-electron chi connectivity index (χ3n) is 4.65. The van der Waals surface area contributed by atoms with E-state index in [1.165, 1.54) is 11.4 Å². The van der Waals surface area contributed by atoms with E-state index in [0.717, 1.165) is 51.6 Å². The Balaban J connectivity index is 0.00000261. The van der Waals surface area contributed by atoms with Crippen molar-refractivity contribution in [2.45, 2.75) is 6.42 Å². The Hall–Kier alpha value is -1.96. The van der Waals surface area contributed by atoms with E-state index in [1.54, 1.807) is 0 Å². The van der Waals surface area contributed by atoms with Crippen LogP contribution in [0.5, 0.6) is 0 Å². The van der Waals surface area contributed by atoms with Gasteiger partial charge >= 0.3 is 0 Å². The molecule has 0 amide bonds. The summed E-state index contributed by atoms with van der Waals surface area (Å²) in [6.45, 7) is 5.93. The molecule has 27 heavy (non-hydrogen) atoms. The maximum Gasteiger partial charge on any atom is 0.193 e. The minimum atomic E-state index is 0. The first-order valence-electron chi connectivity index (χ1n) is 9.41. The Morgan fingerprint density at radius 1 is 0.889 bits per heavy atom. The molecule has 1 aliphatic heterocycles. The maximum absolute atomic E-state index is 4.46. The normalized spacial score (nSPS) is 14.5. The highest BCUT2D eigenvalue weighted by Crippen LogP contribution is 2.15. The summed E-state index contributed by atoms with van der Waals surface area (Å²) >= 11 is 0. The molecule has 5 nitrogen and oxygen atoms in total. The number of halogens is 1. The van der Waals surface area contributed by atoms with E-state index in [-0.39, 0.29) is 24.0 Å². The molecule has 1 aliphatic rings. The highest BCUT2D eigenvalue weighted by atomic mass is 127. The van der Waals surface area contributed by atoms with Crippen LogP contribution in [0.25, 0.3) is 0 Å². The SMILES string of the molecule is CN=C(NCCCNc1ccccc1)N1CCN(c2ccccc2)CC1.I. The van der Waals surface area contributed by atoms with Gasteiger partial charge in [-0.15, -0.1) is 24.0 Å². The first-order valence-corrected chi connectivity index (χ1v) is 9.41.